The molecule has 0 saturated carbocycles. The van der Waals surface area contributed by atoms with Crippen molar-refractivity contribution >= 4 is 5.91 Å². The van der Waals surface area contributed by atoms with Crippen LogP contribution in [0.1, 0.15) is 30.0 Å². The molecule has 4 nitrogen and oxygen atoms in total. The summed E-state index contributed by atoms with van der Waals surface area (Å²) in [6, 6.07) is 6.54. The predicted octanol–water partition coefficient (Wildman–Crippen LogP) is 1.24. The average Bonchev–Trinajstić information content (AvgIpc) is 2.95. The highest BCUT2D eigenvalue weighted by Crippen LogP contribution is 2.23. The molecular weight excluding hydrogens is 276 g/mol. The maximum Gasteiger partial charge on any atom is 0.227 e. The van der Waals surface area contributed by atoms with Gasteiger partial charge >= 0.3 is 0 Å². The van der Waals surface area contributed by atoms with Crippen molar-refractivity contribution in [1.82, 2.24) is 9.80 Å². The van der Waals surface area contributed by atoms with Crippen LogP contribution in [-0.4, -0.2) is 59.6 Å². The van der Waals surface area contributed by atoms with Crippen LogP contribution in [0.25, 0.3) is 0 Å². The summed E-state index contributed by atoms with van der Waals surface area (Å²) in [4.78, 5) is 16.6. The monoisotopic (exact) mass is 302 g/mol. The number of piperazine rings is 1. The van der Waals surface area contributed by atoms with Gasteiger partial charge in [-0.05, 0) is 42.9 Å². The van der Waals surface area contributed by atoms with Crippen molar-refractivity contribution in [2.45, 2.75) is 38.7 Å². The van der Waals surface area contributed by atoms with Gasteiger partial charge in [0, 0.05) is 32.7 Å². The van der Waals surface area contributed by atoms with Crippen LogP contribution in [0.5, 0.6) is 0 Å². The Kier molecular flexibility index (Phi) is 4.79. The van der Waals surface area contributed by atoms with E-state index in [-0.39, 0.29) is 12.0 Å². The molecule has 1 aliphatic carbocycles. The summed E-state index contributed by atoms with van der Waals surface area (Å²) in [5.74, 6) is 0.231. The Morgan fingerprint density at radius 2 is 1.91 bits per heavy atom. The second-order valence-electron chi connectivity index (χ2n) is 6.66. The van der Waals surface area contributed by atoms with E-state index < -0.39 is 0 Å². The number of carbonyl (C=O) groups excluding carboxylic acids is 1. The fourth-order valence-electron chi connectivity index (χ4n) is 3.58. The minimum absolute atomic E-state index is 0.231. The summed E-state index contributed by atoms with van der Waals surface area (Å²) in [6.07, 6.45) is 3.82. The van der Waals surface area contributed by atoms with Crippen LogP contribution in [0.3, 0.4) is 0 Å². The molecule has 1 N–H and O–H groups in total. The summed E-state index contributed by atoms with van der Waals surface area (Å²) in [5.41, 5.74) is 4.05. The fourth-order valence-corrected chi connectivity index (χ4v) is 3.58. The molecule has 0 radical (unpaired) electrons. The second kappa shape index (κ2) is 6.80. The van der Waals surface area contributed by atoms with E-state index in [4.69, 9.17) is 0 Å². The van der Waals surface area contributed by atoms with Gasteiger partial charge in [-0.2, -0.15) is 0 Å². The number of aliphatic hydroxyl groups excluding tert-OH is 1. The molecule has 1 amide bonds. The van der Waals surface area contributed by atoms with Crippen LogP contribution < -0.4 is 0 Å². The number of hydrogen-bond acceptors (Lipinski definition) is 3. The van der Waals surface area contributed by atoms with E-state index in [1.807, 2.05) is 11.8 Å². The van der Waals surface area contributed by atoms with Crippen molar-refractivity contribution in [3.63, 3.8) is 0 Å². The molecule has 22 heavy (non-hydrogen) atoms. The van der Waals surface area contributed by atoms with Crippen LogP contribution in [-0.2, 0) is 24.1 Å². The van der Waals surface area contributed by atoms with Crippen molar-refractivity contribution in [2.24, 2.45) is 0 Å². The van der Waals surface area contributed by atoms with Crippen LogP contribution >= 0.6 is 0 Å². The Bertz CT molecular complexity index is 534. The Morgan fingerprint density at radius 1 is 1.18 bits per heavy atom. The first-order valence-electron chi connectivity index (χ1n) is 8.40. The van der Waals surface area contributed by atoms with E-state index in [2.05, 4.69) is 23.1 Å². The lowest BCUT2D eigenvalue weighted by molar-refractivity contribution is -0.132. The zero-order valence-electron chi connectivity index (χ0n) is 13.4. The van der Waals surface area contributed by atoms with Crippen molar-refractivity contribution in [1.29, 1.82) is 0 Å². The molecule has 1 atom stereocenters. The number of fused-ring (bicyclic) bond motifs is 1. The number of nitrogens with zero attached hydrogens (tertiary/aromatic N) is 2. The molecule has 1 saturated heterocycles. The highest BCUT2D eigenvalue weighted by atomic mass is 16.3. The van der Waals surface area contributed by atoms with Crippen LogP contribution in [0.2, 0.25) is 0 Å². The third-order valence-electron chi connectivity index (χ3n) is 4.77. The highest BCUT2D eigenvalue weighted by Gasteiger charge is 2.22. The largest absolute Gasteiger partial charge is 0.392 e. The Labute approximate surface area is 132 Å². The van der Waals surface area contributed by atoms with Gasteiger partial charge in [0.05, 0.1) is 12.5 Å². The molecule has 1 heterocycles. The number of β-amino-alcohol motifs (C(OH)–C–C–N with tert-alkyl or cyclic N) is 1. The molecule has 1 aliphatic heterocycles. The van der Waals surface area contributed by atoms with Gasteiger partial charge in [-0.1, -0.05) is 18.2 Å². The van der Waals surface area contributed by atoms with Gasteiger partial charge in [-0.15, -0.1) is 0 Å². The molecule has 4 heteroatoms. The third kappa shape index (κ3) is 3.68. The molecule has 1 fully saturated rings. The first-order chi connectivity index (χ1) is 10.6. The number of aryl methyl sites for hydroxylation is 2. The molecular formula is C18H26N2O2. The quantitative estimate of drug-likeness (QED) is 0.910. The number of aliphatic hydroxyl groups is 1. The normalized spacial score (nSPS) is 20.0. The van der Waals surface area contributed by atoms with Crippen molar-refractivity contribution in [3.8, 4) is 0 Å². The highest BCUT2D eigenvalue weighted by molar-refractivity contribution is 5.79. The lowest BCUT2D eigenvalue weighted by atomic mass is 10.0. The SMILES string of the molecule is CC(O)CN1CCN(C(=O)Cc2ccc3c(c2)CCC3)CC1. The van der Waals surface area contributed by atoms with Crippen LogP contribution in [0.15, 0.2) is 18.2 Å². The Hall–Kier alpha value is -1.39. The standard InChI is InChI=1S/C18H26N2O2/c1-14(21)13-19-7-9-20(10-8-19)18(22)12-15-5-6-16-3-2-4-17(16)11-15/h5-6,11,14,21H,2-4,7-10,12-13H2,1H3. The van der Waals surface area contributed by atoms with Gasteiger partial charge in [0.25, 0.3) is 0 Å². The fraction of sp³-hybridized carbons (Fsp3) is 0.611. The maximum atomic E-state index is 12.5. The molecule has 0 aromatic heterocycles. The topological polar surface area (TPSA) is 43.8 Å². The smallest absolute Gasteiger partial charge is 0.227 e. The second-order valence-corrected chi connectivity index (χ2v) is 6.66. The first kappa shape index (κ1) is 15.5. The van der Waals surface area contributed by atoms with E-state index in [0.29, 0.717) is 13.0 Å². The summed E-state index contributed by atoms with van der Waals surface area (Å²) in [7, 11) is 0. The molecule has 1 unspecified atom stereocenters. The molecule has 1 aromatic rings. The van der Waals surface area contributed by atoms with Gasteiger partial charge in [0.2, 0.25) is 5.91 Å². The number of benzene rings is 1. The Morgan fingerprint density at radius 3 is 2.64 bits per heavy atom. The number of rotatable bonds is 4. The summed E-state index contributed by atoms with van der Waals surface area (Å²) in [5, 5.41) is 9.43. The predicted molar refractivity (Wildman–Crippen MR) is 86.9 cm³/mol. The molecule has 120 valence electrons. The van der Waals surface area contributed by atoms with Gasteiger partial charge in [0.1, 0.15) is 0 Å². The van der Waals surface area contributed by atoms with Gasteiger partial charge < -0.3 is 10.0 Å². The average molecular weight is 302 g/mol. The lowest BCUT2D eigenvalue weighted by Crippen LogP contribution is -2.50. The molecule has 3 rings (SSSR count). The minimum atomic E-state index is -0.298. The number of amides is 1. The zero-order valence-corrected chi connectivity index (χ0v) is 13.4. The molecule has 1 aromatic carbocycles. The van der Waals surface area contributed by atoms with Crippen molar-refractivity contribution in [2.75, 3.05) is 32.7 Å². The maximum absolute atomic E-state index is 12.5. The summed E-state index contributed by atoms with van der Waals surface area (Å²) in [6.45, 7) is 5.78. The number of hydrogen-bond donors (Lipinski definition) is 1. The van der Waals surface area contributed by atoms with E-state index in [1.54, 1.807) is 0 Å². The summed E-state index contributed by atoms with van der Waals surface area (Å²) >= 11 is 0. The minimum Gasteiger partial charge on any atom is -0.392 e. The van der Waals surface area contributed by atoms with E-state index >= 15 is 0 Å². The summed E-state index contributed by atoms with van der Waals surface area (Å²) < 4.78 is 0. The van der Waals surface area contributed by atoms with Crippen LogP contribution in [0, 0.1) is 0 Å². The molecule has 0 spiro atoms. The van der Waals surface area contributed by atoms with Gasteiger partial charge in [-0.25, -0.2) is 0 Å². The van der Waals surface area contributed by atoms with Crippen molar-refractivity contribution in [3.05, 3.63) is 34.9 Å². The van der Waals surface area contributed by atoms with E-state index in [9.17, 15) is 9.90 Å². The van der Waals surface area contributed by atoms with Gasteiger partial charge in [0.15, 0.2) is 0 Å². The van der Waals surface area contributed by atoms with Crippen molar-refractivity contribution < 1.29 is 9.90 Å². The zero-order chi connectivity index (χ0) is 15.5. The molecule has 2 aliphatic rings. The van der Waals surface area contributed by atoms with E-state index in [0.717, 1.165) is 38.2 Å². The molecule has 0 bridgehead atoms. The van der Waals surface area contributed by atoms with Crippen LogP contribution in [0.4, 0.5) is 0 Å². The number of carbonyl (C=O) groups is 1. The lowest BCUT2D eigenvalue weighted by Gasteiger charge is -2.35. The first-order valence-corrected chi connectivity index (χ1v) is 8.40. The van der Waals surface area contributed by atoms with E-state index in [1.165, 1.54) is 24.0 Å². The third-order valence-corrected chi connectivity index (χ3v) is 4.77. The van der Waals surface area contributed by atoms with Gasteiger partial charge in [-0.3, -0.25) is 9.69 Å². The Balaban J connectivity index is 1.52.